The number of aromatic nitrogens is 2. The molecule has 0 atom stereocenters. The topological polar surface area (TPSA) is 65.5 Å². The molecule has 0 radical (unpaired) electrons. The number of thiophene rings is 1. The molecule has 3 heterocycles. The monoisotopic (exact) mass is 508 g/mol. The van der Waals surface area contributed by atoms with E-state index in [1.807, 2.05) is 4.90 Å². The number of benzene rings is 1. The molecule has 3 N–H and O–H groups in total. The molecular weight excluding hydrogens is 483 g/mol. The minimum atomic E-state index is -4.39. The molecule has 0 amide bonds. The second-order valence-corrected chi connectivity index (χ2v) is 10.3. The average Bonchev–Trinajstić information content (AvgIpc) is 3.18. The Morgan fingerprint density at radius 1 is 1.24 bits per heavy atom. The molecule has 1 aliphatic carbocycles. The normalized spacial score (nSPS) is 17.1. The largest absolute Gasteiger partial charge is 0.416 e. The van der Waals surface area contributed by atoms with Gasteiger partial charge in [0, 0.05) is 10.6 Å². The smallest absolute Gasteiger partial charge is 0.338 e. The van der Waals surface area contributed by atoms with Gasteiger partial charge in [0.15, 0.2) is 10.9 Å². The van der Waals surface area contributed by atoms with Gasteiger partial charge in [-0.15, -0.1) is 11.3 Å². The van der Waals surface area contributed by atoms with Crippen LogP contribution in [0, 0.1) is 0 Å². The molecule has 5 rings (SSSR count). The number of H-pyrrole nitrogens is 1. The highest BCUT2D eigenvalue weighted by atomic mass is 32.1. The number of anilines is 1. The molecule has 1 fully saturated rings. The lowest BCUT2D eigenvalue weighted by molar-refractivity contribution is -0.918. The van der Waals surface area contributed by atoms with Crippen molar-refractivity contribution in [3.05, 3.63) is 56.4 Å². The molecular formula is C23H25F3N5OS2+. The Labute approximate surface area is 203 Å². The van der Waals surface area contributed by atoms with Crippen molar-refractivity contribution in [3.63, 3.8) is 0 Å². The third-order valence-corrected chi connectivity index (χ3v) is 8.04. The molecule has 2 aliphatic rings. The molecule has 0 bridgehead atoms. The van der Waals surface area contributed by atoms with Gasteiger partial charge >= 0.3 is 6.18 Å². The van der Waals surface area contributed by atoms with Gasteiger partial charge in [-0.05, 0) is 61.7 Å². The van der Waals surface area contributed by atoms with Crippen LogP contribution in [0.25, 0.3) is 10.2 Å². The summed E-state index contributed by atoms with van der Waals surface area (Å²) < 4.78 is 38.9. The summed E-state index contributed by atoms with van der Waals surface area (Å²) in [6.07, 6.45) is -0.106. The van der Waals surface area contributed by atoms with Crippen molar-refractivity contribution in [1.29, 1.82) is 0 Å². The fraction of sp³-hybridized carbons (Fsp3) is 0.435. The van der Waals surface area contributed by atoms with E-state index < -0.39 is 11.7 Å². The van der Waals surface area contributed by atoms with E-state index in [0.29, 0.717) is 36.3 Å². The van der Waals surface area contributed by atoms with E-state index in [9.17, 15) is 18.0 Å². The number of fused-ring (bicyclic) bond motifs is 3. The molecule has 6 nitrogen and oxygen atoms in total. The highest BCUT2D eigenvalue weighted by molar-refractivity contribution is 7.80. The fourth-order valence-electron chi connectivity index (χ4n) is 4.71. The number of quaternary nitrogens is 1. The summed E-state index contributed by atoms with van der Waals surface area (Å²) in [5.74, 6) is 0.698. The van der Waals surface area contributed by atoms with E-state index in [1.165, 1.54) is 27.8 Å². The van der Waals surface area contributed by atoms with E-state index in [1.54, 1.807) is 17.4 Å². The first kappa shape index (κ1) is 23.3. The maximum absolute atomic E-state index is 13.0. The van der Waals surface area contributed by atoms with Crippen molar-refractivity contribution in [1.82, 2.24) is 14.9 Å². The molecule has 1 aromatic carbocycles. The first-order chi connectivity index (χ1) is 16.3. The lowest BCUT2D eigenvalue weighted by Crippen LogP contribution is -3.13. The molecule has 11 heteroatoms. The molecule has 2 aromatic heterocycles. The molecule has 1 saturated heterocycles. The van der Waals surface area contributed by atoms with Crippen LogP contribution in [-0.2, 0) is 25.6 Å². The second kappa shape index (κ2) is 9.27. The van der Waals surface area contributed by atoms with Gasteiger partial charge in [0.05, 0.1) is 37.1 Å². The standard InChI is InChI=1S/C23H24F3N5OS2/c24-23(25,26)14-4-3-5-15(12-14)27-22(33)31-10-8-30(9-11-31)13-18-28-20(32)19-16-6-1-2-7-17(16)34-21(19)29-18/h3-5,12H,1-2,6-11,13H2,(H,27,33)(H,28,29,32)/p+1. The van der Waals surface area contributed by atoms with E-state index >= 15 is 0 Å². The number of halogens is 3. The molecule has 3 aromatic rings. The lowest BCUT2D eigenvalue weighted by atomic mass is 9.97. The van der Waals surface area contributed by atoms with Crippen LogP contribution in [-0.4, -0.2) is 46.2 Å². The summed E-state index contributed by atoms with van der Waals surface area (Å²) in [7, 11) is 0. The first-order valence-electron chi connectivity index (χ1n) is 11.4. The fourth-order valence-corrected chi connectivity index (χ4v) is 6.29. The molecule has 0 unspecified atom stereocenters. The zero-order chi connectivity index (χ0) is 23.9. The summed E-state index contributed by atoms with van der Waals surface area (Å²) in [6, 6.07) is 5.04. The van der Waals surface area contributed by atoms with Crippen LogP contribution < -0.4 is 15.8 Å². The third-order valence-electron chi connectivity index (χ3n) is 6.49. The molecule has 0 saturated carbocycles. The predicted octanol–water partition coefficient (Wildman–Crippen LogP) is 2.98. The van der Waals surface area contributed by atoms with Gasteiger partial charge in [-0.25, -0.2) is 4.98 Å². The average molecular weight is 509 g/mol. The quantitative estimate of drug-likeness (QED) is 0.475. The van der Waals surface area contributed by atoms with Crippen LogP contribution in [0.2, 0.25) is 0 Å². The number of aromatic amines is 1. The van der Waals surface area contributed by atoms with Gasteiger partial charge in [0.25, 0.3) is 5.56 Å². The van der Waals surface area contributed by atoms with Crippen molar-refractivity contribution in [2.75, 3.05) is 31.5 Å². The van der Waals surface area contributed by atoms with Crippen molar-refractivity contribution < 1.29 is 18.1 Å². The number of thiocarbonyl (C=S) groups is 1. The van der Waals surface area contributed by atoms with Crippen molar-refractivity contribution in [3.8, 4) is 0 Å². The number of nitrogens with one attached hydrogen (secondary N) is 3. The van der Waals surface area contributed by atoms with E-state index in [4.69, 9.17) is 17.2 Å². The molecule has 0 spiro atoms. The second-order valence-electron chi connectivity index (χ2n) is 8.83. The Balaban J connectivity index is 1.20. The maximum Gasteiger partial charge on any atom is 0.416 e. The summed E-state index contributed by atoms with van der Waals surface area (Å²) in [4.78, 5) is 25.9. The Morgan fingerprint density at radius 3 is 2.76 bits per heavy atom. The number of alkyl halides is 3. The molecule has 180 valence electrons. The Hall–Kier alpha value is -2.50. The van der Waals surface area contributed by atoms with Gasteiger partial charge in [0.1, 0.15) is 11.4 Å². The third kappa shape index (κ3) is 4.82. The van der Waals surface area contributed by atoms with Gasteiger partial charge in [-0.3, -0.25) is 4.79 Å². The van der Waals surface area contributed by atoms with Crippen molar-refractivity contribution >= 4 is 44.6 Å². The number of hydrogen-bond donors (Lipinski definition) is 3. The van der Waals surface area contributed by atoms with Crippen LogP contribution in [0.15, 0.2) is 29.1 Å². The highest BCUT2D eigenvalue weighted by Gasteiger charge is 2.31. The van der Waals surface area contributed by atoms with Crippen LogP contribution >= 0.6 is 23.6 Å². The number of nitrogens with zero attached hydrogens (tertiary/aromatic N) is 2. The summed E-state index contributed by atoms with van der Waals surface area (Å²) in [5, 5.41) is 4.11. The van der Waals surface area contributed by atoms with Crippen LogP contribution in [0.5, 0.6) is 0 Å². The van der Waals surface area contributed by atoms with Crippen LogP contribution in [0.4, 0.5) is 18.9 Å². The van der Waals surface area contributed by atoms with Crippen molar-refractivity contribution in [2.45, 2.75) is 38.4 Å². The maximum atomic E-state index is 13.0. The lowest BCUT2D eigenvalue weighted by Gasteiger charge is -2.33. The van der Waals surface area contributed by atoms with Crippen molar-refractivity contribution in [2.24, 2.45) is 0 Å². The van der Waals surface area contributed by atoms with Gasteiger partial charge in [-0.1, -0.05) is 6.07 Å². The number of aryl methyl sites for hydroxylation is 2. The highest BCUT2D eigenvalue weighted by Crippen LogP contribution is 2.33. The van der Waals surface area contributed by atoms with E-state index in [0.717, 1.165) is 54.7 Å². The number of piperazine rings is 1. The zero-order valence-electron chi connectivity index (χ0n) is 18.4. The minimum absolute atomic E-state index is 0.0381. The minimum Gasteiger partial charge on any atom is -0.338 e. The summed E-state index contributed by atoms with van der Waals surface area (Å²) >= 11 is 7.09. The van der Waals surface area contributed by atoms with E-state index in [-0.39, 0.29) is 5.56 Å². The number of hydrogen-bond acceptors (Lipinski definition) is 4. The Bertz CT molecular complexity index is 1280. The zero-order valence-corrected chi connectivity index (χ0v) is 20.1. The molecule has 34 heavy (non-hydrogen) atoms. The van der Waals surface area contributed by atoms with Crippen LogP contribution in [0.1, 0.15) is 34.7 Å². The first-order valence-corrected chi connectivity index (χ1v) is 12.6. The Kier molecular flexibility index (Phi) is 6.34. The van der Waals surface area contributed by atoms with Gasteiger partial charge < -0.3 is 20.1 Å². The molecule has 1 aliphatic heterocycles. The summed E-state index contributed by atoms with van der Waals surface area (Å²) in [6.45, 7) is 3.52. The van der Waals surface area contributed by atoms with E-state index in [2.05, 4.69) is 10.3 Å². The van der Waals surface area contributed by atoms with Gasteiger partial charge in [-0.2, -0.15) is 13.2 Å². The predicted molar refractivity (Wildman–Crippen MR) is 131 cm³/mol. The SMILES string of the molecule is O=c1[nH]c(C[NH+]2CCN(C(=S)Nc3cccc(C(F)(F)F)c3)CC2)nc2sc3c(c12)CCCC3. The van der Waals surface area contributed by atoms with Crippen LogP contribution in [0.3, 0.4) is 0 Å². The Morgan fingerprint density at radius 2 is 2.00 bits per heavy atom. The number of rotatable bonds is 3. The summed E-state index contributed by atoms with van der Waals surface area (Å²) in [5.41, 5.74) is 0.765. The van der Waals surface area contributed by atoms with Gasteiger partial charge in [0.2, 0.25) is 0 Å².